The number of likely N-dealkylation sites (N-methyl/N-ethyl adjacent to an activating group) is 1. The van der Waals surface area contributed by atoms with Crippen LogP contribution in [0.15, 0.2) is 23.1 Å². The van der Waals surface area contributed by atoms with Gasteiger partial charge in [0.1, 0.15) is 0 Å². The minimum Gasteiger partial charge on any atom is -0.387 e. The van der Waals surface area contributed by atoms with Crippen LogP contribution in [-0.2, 0) is 0 Å². The quantitative estimate of drug-likeness (QED) is 0.786. The Balaban J connectivity index is 2.72. The summed E-state index contributed by atoms with van der Waals surface area (Å²) in [7, 11) is 3.78. The number of thioether (sulfide) groups is 1. The molecule has 0 aromatic heterocycles. The zero-order valence-electron chi connectivity index (χ0n) is 12.9. The third-order valence-electron chi connectivity index (χ3n) is 2.98. The van der Waals surface area contributed by atoms with E-state index in [4.69, 9.17) is 0 Å². The van der Waals surface area contributed by atoms with Gasteiger partial charge >= 0.3 is 0 Å². The molecule has 1 rings (SSSR count). The Bertz CT molecular complexity index is 473. The van der Waals surface area contributed by atoms with Gasteiger partial charge in [-0.1, -0.05) is 6.07 Å². The summed E-state index contributed by atoms with van der Waals surface area (Å²) in [4.78, 5) is 15.2. The third-order valence-corrected chi connectivity index (χ3v) is 3.70. The number of amides is 1. The number of hydrogen-bond donors (Lipinski definition) is 2. The van der Waals surface area contributed by atoms with Gasteiger partial charge in [-0.3, -0.25) is 4.79 Å². The van der Waals surface area contributed by atoms with Gasteiger partial charge in [0, 0.05) is 23.5 Å². The first-order valence-corrected chi connectivity index (χ1v) is 7.77. The lowest BCUT2D eigenvalue weighted by Gasteiger charge is -2.27. The van der Waals surface area contributed by atoms with E-state index in [2.05, 4.69) is 5.32 Å². The molecule has 0 aliphatic rings. The summed E-state index contributed by atoms with van der Waals surface area (Å²) >= 11 is 1.61. The highest BCUT2D eigenvalue weighted by Crippen LogP contribution is 2.19. The summed E-state index contributed by atoms with van der Waals surface area (Å²) in [6.45, 7) is 4.36. The van der Waals surface area contributed by atoms with Crippen molar-refractivity contribution in [3.05, 3.63) is 29.3 Å². The smallest absolute Gasteiger partial charge is 0.251 e. The molecule has 0 aliphatic heterocycles. The predicted molar refractivity (Wildman–Crippen MR) is 84.5 cm³/mol. The standard InChI is InChI=1S/C15H24N2O2S/c1-11-6-7-12(20-5)8-13(11)14(18)16-9-15(2,19)10-17(3)4/h6-8,19H,9-10H2,1-5H3,(H,16,18). The van der Waals surface area contributed by atoms with E-state index in [0.717, 1.165) is 10.5 Å². The lowest BCUT2D eigenvalue weighted by atomic mass is 10.1. The Morgan fingerprint density at radius 2 is 2.10 bits per heavy atom. The minimum absolute atomic E-state index is 0.141. The van der Waals surface area contributed by atoms with Gasteiger partial charge in [-0.2, -0.15) is 0 Å². The number of nitrogens with zero attached hydrogens (tertiary/aromatic N) is 1. The van der Waals surface area contributed by atoms with Crippen molar-refractivity contribution in [2.45, 2.75) is 24.3 Å². The molecule has 112 valence electrons. The molecule has 1 aromatic carbocycles. The van der Waals surface area contributed by atoms with Crippen LogP contribution in [0, 0.1) is 6.92 Å². The van der Waals surface area contributed by atoms with Crippen molar-refractivity contribution < 1.29 is 9.90 Å². The number of aryl methyl sites for hydroxylation is 1. The molecular formula is C15H24N2O2S. The monoisotopic (exact) mass is 296 g/mol. The number of nitrogens with one attached hydrogen (secondary N) is 1. The van der Waals surface area contributed by atoms with Crippen LogP contribution in [0.3, 0.4) is 0 Å². The highest BCUT2D eigenvalue weighted by molar-refractivity contribution is 7.98. The lowest BCUT2D eigenvalue weighted by molar-refractivity contribution is 0.0326. The maximum absolute atomic E-state index is 12.2. The molecule has 0 radical (unpaired) electrons. The van der Waals surface area contributed by atoms with Crippen LogP contribution in [-0.4, -0.2) is 55.0 Å². The van der Waals surface area contributed by atoms with Gasteiger partial charge in [0.2, 0.25) is 0 Å². The third kappa shape index (κ3) is 5.15. The zero-order valence-corrected chi connectivity index (χ0v) is 13.7. The van der Waals surface area contributed by atoms with Crippen LogP contribution in [0.4, 0.5) is 0 Å². The highest BCUT2D eigenvalue weighted by atomic mass is 32.2. The van der Waals surface area contributed by atoms with Crippen molar-refractivity contribution in [3.8, 4) is 0 Å². The van der Waals surface area contributed by atoms with Gasteiger partial charge in [0.15, 0.2) is 0 Å². The molecule has 1 aromatic rings. The topological polar surface area (TPSA) is 52.6 Å². The number of rotatable bonds is 6. The second kappa shape index (κ2) is 7.11. The maximum Gasteiger partial charge on any atom is 0.251 e. The van der Waals surface area contributed by atoms with E-state index < -0.39 is 5.60 Å². The molecule has 0 heterocycles. The largest absolute Gasteiger partial charge is 0.387 e. The Kier molecular flexibility index (Phi) is 6.05. The Labute approximate surface area is 125 Å². The molecule has 0 bridgehead atoms. The van der Waals surface area contributed by atoms with Crippen molar-refractivity contribution in [1.82, 2.24) is 10.2 Å². The van der Waals surface area contributed by atoms with Gasteiger partial charge in [-0.25, -0.2) is 0 Å². The number of carbonyl (C=O) groups is 1. The Hall–Kier alpha value is -1.04. The van der Waals surface area contributed by atoms with Crippen molar-refractivity contribution >= 4 is 17.7 Å². The fraction of sp³-hybridized carbons (Fsp3) is 0.533. The van der Waals surface area contributed by atoms with E-state index in [1.165, 1.54) is 0 Å². The first-order chi connectivity index (χ1) is 9.25. The molecule has 4 nitrogen and oxygen atoms in total. The van der Waals surface area contributed by atoms with E-state index >= 15 is 0 Å². The van der Waals surface area contributed by atoms with Gasteiger partial charge in [-0.15, -0.1) is 11.8 Å². The van der Waals surface area contributed by atoms with Crippen LogP contribution >= 0.6 is 11.8 Å². The van der Waals surface area contributed by atoms with Gasteiger partial charge < -0.3 is 15.3 Å². The molecule has 20 heavy (non-hydrogen) atoms. The summed E-state index contributed by atoms with van der Waals surface area (Å²) in [5.74, 6) is -0.141. The molecule has 0 saturated heterocycles. The highest BCUT2D eigenvalue weighted by Gasteiger charge is 2.22. The first kappa shape index (κ1) is 17.0. The van der Waals surface area contributed by atoms with Crippen molar-refractivity contribution in [2.24, 2.45) is 0 Å². The number of carbonyl (C=O) groups excluding carboxylic acids is 1. The van der Waals surface area contributed by atoms with Gasteiger partial charge in [0.25, 0.3) is 5.91 Å². The fourth-order valence-corrected chi connectivity index (χ4v) is 2.52. The summed E-state index contributed by atoms with van der Waals surface area (Å²) < 4.78 is 0. The second-order valence-electron chi connectivity index (χ2n) is 5.60. The first-order valence-electron chi connectivity index (χ1n) is 6.55. The van der Waals surface area contributed by atoms with Gasteiger partial charge in [0.05, 0.1) is 5.60 Å². The molecule has 0 fully saturated rings. The second-order valence-corrected chi connectivity index (χ2v) is 6.48. The minimum atomic E-state index is -0.940. The van der Waals surface area contributed by atoms with E-state index in [-0.39, 0.29) is 12.5 Å². The number of aliphatic hydroxyl groups is 1. The zero-order chi connectivity index (χ0) is 15.3. The summed E-state index contributed by atoms with van der Waals surface area (Å²) in [6, 6.07) is 5.83. The fourth-order valence-electron chi connectivity index (χ4n) is 2.08. The van der Waals surface area contributed by atoms with E-state index in [1.54, 1.807) is 18.7 Å². The number of benzene rings is 1. The van der Waals surface area contributed by atoms with Crippen LogP contribution in [0.1, 0.15) is 22.8 Å². The van der Waals surface area contributed by atoms with Crippen molar-refractivity contribution in [3.63, 3.8) is 0 Å². The summed E-state index contributed by atoms with van der Waals surface area (Å²) in [5.41, 5.74) is 0.662. The van der Waals surface area contributed by atoms with Crippen LogP contribution in [0.2, 0.25) is 0 Å². The van der Waals surface area contributed by atoms with Crippen molar-refractivity contribution in [1.29, 1.82) is 0 Å². The normalized spacial score (nSPS) is 14.2. The molecule has 1 unspecified atom stereocenters. The molecule has 0 aliphatic carbocycles. The van der Waals surface area contributed by atoms with Crippen LogP contribution < -0.4 is 5.32 Å². The van der Waals surface area contributed by atoms with E-state index in [9.17, 15) is 9.90 Å². The number of hydrogen-bond acceptors (Lipinski definition) is 4. The lowest BCUT2D eigenvalue weighted by Crippen LogP contribution is -2.47. The maximum atomic E-state index is 12.2. The van der Waals surface area contributed by atoms with E-state index in [1.807, 2.05) is 50.4 Å². The van der Waals surface area contributed by atoms with Crippen LogP contribution in [0.5, 0.6) is 0 Å². The molecule has 0 spiro atoms. The molecule has 0 saturated carbocycles. The Morgan fingerprint density at radius 3 is 2.65 bits per heavy atom. The van der Waals surface area contributed by atoms with E-state index in [0.29, 0.717) is 12.1 Å². The molecule has 1 atom stereocenters. The molecule has 5 heteroatoms. The molecule has 2 N–H and O–H groups in total. The predicted octanol–water partition coefficient (Wildman–Crippen LogP) is 1.76. The molecule has 1 amide bonds. The average Bonchev–Trinajstić information content (AvgIpc) is 2.35. The average molecular weight is 296 g/mol. The summed E-state index contributed by atoms with van der Waals surface area (Å²) in [5, 5.41) is 13.0. The molecular weight excluding hydrogens is 272 g/mol. The SMILES string of the molecule is CSc1ccc(C)c(C(=O)NCC(C)(O)CN(C)C)c1. The Morgan fingerprint density at radius 1 is 1.45 bits per heavy atom. The van der Waals surface area contributed by atoms with Crippen LogP contribution in [0.25, 0.3) is 0 Å². The van der Waals surface area contributed by atoms with Crippen molar-refractivity contribution in [2.75, 3.05) is 33.4 Å². The van der Waals surface area contributed by atoms with Gasteiger partial charge in [-0.05, 0) is 51.9 Å². The summed E-state index contributed by atoms with van der Waals surface area (Å²) in [6.07, 6.45) is 1.98.